The largest absolute Gasteiger partial charge is 0.481 e. The van der Waals surface area contributed by atoms with Gasteiger partial charge in [0.15, 0.2) is 5.60 Å². The SMILES string of the molecule is CCCCc1cn(C(C)(C)C)sc1=NC(=O)[C@]1(O)CC[C@@](C)(C(=O)O)C1(C)C. The second-order valence-electron chi connectivity index (χ2n) is 9.69. The topological polar surface area (TPSA) is 91.9 Å². The van der Waals surface area contributed by atoms with E-state index in [0.29, 0.717) is 4.67 Å². The Kier molecular flexibility index (Phi) is 6.04. The van der Waals surface area contributed by atoms with Crippen LogP contribution in [0.3, 0.4) is 0 Å². The standard InChI is InChI=1S/C21H34N2O4S/c1-8-9-10-14-13-23(18(2,3)4)28-15(14)22-16(24)21(27)12-11-20(7,17(25)26)19(21,5)6/h13,27H,8-12H2,1-7H3,(H,25,26)/t20-,21+/m0/s1. The van der Waals surface area contributed by atoms with Gasteiger partial charge in [0.05, 0.1) is 5.41 Å². The highest BCUT2D eigenvalue weighted by atomic mass is 32.1. The van der Waals surface area contributed by atoms with Gasteiger partial charge in [-0.25, -0.2) is 0 Å². The van der Waals surface area contributed by atoms with E-state index >= 15 is 0 Å². The Hall–Kier alpha value is -1.47. The molecular formula is C21H34N2O4S. The van der Waals surface area contributed by atoms with Crippen molar-refractivity contribution in [1.82, 2.24) is 3.96 Å². The normalized spacial score (nSPS) is 27.9. The molecule has 0 radical (unpaired) electrons. The zero-order valence-corrected chi connectivity index (χ0v) is 18.9. The highest BCUT2D eigenvalue weighted by molar-refractivity contribution is 7.04. The molecule has 0 aromatic carbocycles. The molecule has 1 fully saturated rings. The minimum atomic E-state index is -1.79. The minimum absolute atomic E-state index is 0.0973. The van der Waals surface area contributed by atoms with Gasteiger partial charge in [-0.1, -0.05) is 27.2 Å². The first kappa shape index (κ1) is 22.8. The van der Waals surface area contributed by atoms with E-state index in [-0.39, 0.29) is 18.4 Å². The van der Waals surface area contributed by atoms with E-state index in [2.05, 4.69) is 36.6 Å². The van der Waals surface area contributed by atoms with Gasteiger partial charge < -0.3 is 10.2 Å². The molecule has 1 aromatic rings. The van der Waals surface area contributed by atoms with Crippen molar-refractivity contribution in [2.24, 2.45) is 15.8 Å². The molecule has 1 amide bonds. The Bertz CT molecular complexity index is 830. The van der Waals surface area contributed by atoms with Gasteiger partial charge in [0.1, 0.15) is 4.67 Å². The molecule has 0 spiro atoms. The summed E-state index contributed by atoms with van der Waals surface area (Å²) >= 11 is 1.41. The minimum Gasteiger partial charge on any atom is -0.481 e. The van der Waals surface area contributed by atoms with Gasteiger partial charge in [0, 0.05) is 22.7 Å². The van der Waals surface area contributed by atoms with Gasteiger partial charge >= 0.3 is 5.97 Å². The number of carbonyl (C=O) groups is 2. The summed E-state index contributed by atoms with van der Waals surface area (Å²) in [5.41, 5.74) is -3.24. The van der Waals surface area contributed by atoms with Gasteiger partial charge in [-0.2, -0.15) is 4.99 Å². The third-order valence-electron chi connectivity index (χ3n) is 6.62. The molecule has 1 saturated carbocycles. The number of carboxylic acid groups (broad SMARTS) is 1. The molecule has 2 N–H and O–H groups in total. The average Bonchev–Trinajstić information content (AvgIpc) is 3.07. The Morgan fingerprint density at radius 2 is 1.86 bits per heavy atom. The number of carbonyl (C=O) groups excluding carboxylic acids is 1. The lowest BCUT2D eigenvalue weighted by Crippen LogP contribution is -2.54. The Morgan fingerprint density at radius 3 is 2.32 bits per heavy atom. The maximum absolute atomic E-state index is 13.1. The third-order valence-corrected chi connectivity index (χ3v) is 8.00. The van der Waals surface area contributed by atoms with Crippen molar-refractivity contribution in [3.05, 3.63) is 16.4 Å². The van der Waals surface area contributed by atoms with Crippen molar-refractivity contribution in [1.29, 1.82) is 0 Å². The number of aliphatic hydroxyl groups is 1. The van der Waals surface area contributed by atoms with Crippen molar-refractivity contribution in [2.45, 2.75) is 91.7 Å². The third kappa shape index (κ3) is 3.59. The molecule has 0 aliphatic heterocycles. The number of carboxylic acids is 1. The number of hydrogen-bond donors (Lipinski definition) is 2. The predicted octanol–water partition coefficient (Wildman–Crippen LogP) is 3.72. The van der Waals surface area contributed by atoms with Crippen molar-refractivity contribution >= 4 is 23.4 Å². The van der Waals surface area contributed by atoms with Crippen LogP contribution in [0.4, 0.5) is 0 Å². The number of aliphatic carboxylic acids is 1. The van der Waals surface area contributed by atoms with Crippen LogP contribution in [0.25, 0.3) is 0 Å². The lowest BCUT2D eigenvalue weighted by molar-refractivity contribution is -0.166. The van der Waals surface area contributed by atoms with E-state index in [9.17, 15) is 19.8 Å². The molecule has 1 aliphatic rings. The second-order valence-corrected chi connectivity index (χ2v) is 10.7. The van der Waals surface area contributed by atoms with Crippen LogP contribution < -0.4 is 4.67 Å². The molecule has 6 nitrogen and oxygen atoms in total. The molecule has 0 unspecified atom stereocenters. The molecule has 1 aromatic heterocycles. The summed E-state index contributed by atoms with van der Waals surface area (Å²) in [6.45, 7) is 13.3. The smallest absolute Gasteiger partial charge is 0.310 e. The summed E-state index contributed by atoms with van der Waals surface area (Å²) in [7, 11) is 0. The number of aryl methyl sites for hydroxylation is 1. The van der Waals surface area contributed by atoms with Crippen LogP contribution in [0.15, 0.2) is 11.2 Å². The lowest BCUT2D eigenvalue weighted by Gasteiger charge is -2.41. The van der Waals surface area contributed by atoms with Crippen molar-refractivity contribution in [3.63, 3.8) is 0 Å². The number of nitrogens with zero attached hydrogens (tertiary/aromatic N) is 2. The zero-order valence-electron chi connectivity index (χ0n) is 18.1. The zero-order chi connectivity index (χ0) is 21.5. The maximum atomic E-state index is 13.1. The molecule has 0 saturated heterocycles. The highest BCUT2D eigenvalue weighted by Crippen LogP contribution is 2.58. The van der Waals surface area contributed by atoms with Gasteiger partial charge in [-0.15, -0.1) is 0 Å². The summed E-state index contributed by atoms with van der Waals surface area (Å²) in [4.78, 5) is 29.3. The fourth-order valence-corrected chi connectivity index (χ4v) is 4.82. The first-order valence-corrected chi connectivity index (χ1v) is 10.8. The number of hydrogen-bond acceptors (Lipinski definition) is 4. The van der Waals surface area contributed by atoms with Gasteiger partial charge in [-0.3, -0.25) is 13.5 Å². The number of rotatable bonds is 5. The van der Waals surface area contributed by atoms with E-state index in [1.165, 1.54) is 11.5 Å². The Labute approximate surface area is 171 Å². The van der Waals surface area contributed by atoms with Crippen LogP contribution in [-0.4, -0.2) is 31.6 Å². The molecule has 2 atom stereocenters. The van der Waals surface area contributed by atoms with Crippen molar-refractivity contribution in [2.75, 3.05) is 0 Å². The monoisotopic (exact) mass is 410 g/mol. The quantitative estimate of drug-likeness (QED) is 0.774. The maximum Gasteiger partial charge on any atom is 0.310 e. The van der Waals surface area contributed by atoms with Crippen LogP contribution in [0.5, 0.6) is 0 Å². The predicted molar refractivity (Wildman–Crippen MR) is 110 cm³/mol. The molecule has 28 heavy (non-hydrogen) atoms. The summed E-state index contributed by atoms with van der Waals surface area (Å²) in [5, 5.41) is 20.9. The van der Waals surface area contributed by atoms with Crippen LogP contribution in [0.2, 0.25) is 0 Å². The Morgan fingerprint density at radius 1 is 1.25 bits per heavy atom. The van der Waals surface area contributed by atoms with E-state index in [0.717, 1.165) is 24.8 Å². The first-order valence-electron chi connectivity index (χ1n) is 9.98. The van der Waals surface area contributed by atoms with Crippen LogP contribution in [-0.2, 0) is 21.5 Å². The van der Waals surface area contributed by atoms with Crippen LogP contribution >= 0.6 is 11.5 Å². The molecular weight excluding hydrogens is 376 g/mol. The van der Waals surface area contributed by atoms with Crippen molar-refractivity contribution < 1.29 is 19.8 Å². The Balaban J connectivity index is 2.52. The molecule has 7 heteroatoms. The van der Waals surface area contributed by atoms with Crippen LogP contribution in [0.1, 0.15) is 79.7 Å². The molecule has 158 valence electrons. The average molecular weight is 411 g/mol. The molecule has 0 bridgehead atoms. The van der Waals surface area contributed by atoms with Gasteiger partial charge in [0.2, 0.25) is 0 Å². The molecule has 1 aliphatic carbocycles. The second kappa shape index (κ2) is 7.41. The number of amides is 1. The summed E-state index contributed by atoms with van der Waals surface area (Å²) in [6.07, 6.45) is 5.22. The van der Waals surface area contributed by atoms with E-state index < -0.39 is 28.3 Å². The van der Waals surface area contributed by atoms with Crippen molar-refractivity contribution in [3.8, 4) is 0 Å². The van der Waals surface area contributed by atoms with Crippen LogP contribution in [0, 0.1) is 10.8 Å². The first-order chi connectivity index (χ1) is 12.7. The van der Waals surface area contributed by atoms with E-state index in [1.807, 2.05) is 6.20 Å². The van der Waals surface area contributed by atoms with E-state index in [4.69, 9.17) is 0 Å². The summed E-state index contributed by atoms with van der Waals surface area (Å²) < 4.78 is 2.69. The lowest BCUT2D eigenvalue weighted by atomic mass is 9.63. The van der Waals surface area contributed by atoms with Gasteiger partial charge in [-0.05, 0) is 64.9 Å². The van der Waals surface area contributed by atoms with Gasteiger partial charge in [0.25, 0.3) is 5.91 Å². The fourth-order valence-electron chi connectivity index (χ4n) is 3.78. The fraction of sp³-hybridized carbons (Fsp3) is 0.762. The number of unbranched alkanes of at least 4 members (excludes halogenated alkanes) is 1. The molecule has 2 rings (SSSR count). The molecule has 1 heterocycles. The highest BCUT2D eigenvalue weighted by Gasteiger charge is 2.66. The summed E-state index contributed by atoms with van der Waals surface area (Å²) in [5.74, 6) is -1.63. The van der Waals surface area contributed by atoms with E-state index in [1.54, 1.807) is 20.8 Å². The number of aromatic nitrogens is 1. The summed E-state index contributed by atoms with van der Waals surface area (Å²) in [6, 6.07) is 0.